The fraction of sp³-hybridized carbons (Fsp3) is 0.263. The van der Waals surface area contributed by atoms with Crippen LogP contribution in [0, 0.1) is 10.5 Å². The summed E-state index contributed by atoms with van der Waals surface area (Å²) in [6.45, 7) is 4.15. The summed E-state index contributed by atoms with van der Waals surface area (Å²) >= 11 is 1.85. The van der Waals surface area contributed by atoms with E-state index in [1.54, 1.807) is 26.0 Å². The number of hydrogen-bond donors (Lipinski definition) is 1. The first kappa shape index (κ1) is 23.1. The molecule has 0 unspecified atom stereocenters. The van der Waals surface area contributed by atoms with Crippen molar-refractivity contribution in [3.05, 3.63) is 50.6 Å². The highest BCUT2D eigenvalue weighted by atomic mass is 127. The molecule has 1 N–H and O–H groups in total. The lowest BCUT2D eigenvalue weighted by atomic mass is 10.0. The molecule has 0 aliphatic carbocycles. The number of ether oxygens (including phenoxy) is 2. The molecule has 2 aromatic carbocycles. The number of para-hydroxylation sites is 1. The Morgan fingerprint density at radius 3 is 2.48 bits per heavy atom. The third-order valence-electron chi connectivity index (χ3n) is 3.95. The number of aromatic hydroxyl groups is 1. The van der Waals surface area contributed by atoms with Crippen molar-refractivity contribution in [1.29, 1.82) is 0 Å². The van der Waals surface area contributed by atoms with E-state index in [2.05, 4.69) is 0 Å². The van der Waals surface area contributed by atoms with Gasteiger partial charge in [-0.2, -0.15) is 0 Å². The molecular weight excluding hydrogens is 515 g/mol. The number of rotatable bonds is 6. The van der Waals surface area contributed by atoms with E-state index in [1.807, 2.05) is 22.6 Å². The van der Waals surface area contributed by atoms with Crippen molar-refractivity contribution in [3.8, 4) is 11.5 Å². The van der Waals surface area contributed by atoms with Crippen molar-refractivity contribution in [2.24, 2.45) is 0 Å². The second kappa shape index (κ2) is 9.09. The molecule has 0 aromatic heterocycles. The molecule has 0 amide bonds. The van der Waals surface area contributed by atoms with E-state index in [1.165, 1.54) is 19.1 Å². The number of aryl methyl sites for hydroxylation is 1. The topological polar surface area (TPSA) is 130 Å². The van der Waals surface area contributed by atoms with Crippen LogP contribution in [0.5, 0.6) is 11.5 Å². The summed E-state index contributed by atoms with van der Waals surface area (Å²) in [6.07, 6.45) is 0. The van der Waals surface area contributed by atoms with Crippen molar-refractivity contribution >= 4 is 44.6 Å². The van der Waals surface area contributed by atoms with Crippen LogP contribution in [-0.4, -0.2) is 36.6 Å². The zero-order valence-electron chi connectivity index (χ0n) is 15.8. The van der Waals surface area contributed by atoms with Crippen molar-refractivity contribution < 1.29 is 37.1 Å². The monoisotopic (exact) mass is 533 g/mol. The van der Waals surface area contributed by atoms with E-state index in [4.69, 9.17) is 9.47 Å². The summed E-state index contributed by atoms with van der Waals surface area (Å²) in [7, 11) is -4.69. The van der Waals surface area contributed by atoms with Crippen molar-refractivity contribution in [2.45, 2.75) is 31.6 Å². The molecule has 0 saturated carbocycles. The van der Waals surface area contributed by atoms with Crippen LogP contribution < -0.4 is 4.74 Å². The second-order valence-corrected chi connectivity index (χ2v) is 8.96. The summed E-state index contributed by atoms with van der Waals surface area (Å²) in [5.41, 5.74) is 0.390. The maximum Gasteiger partial charge on any atom is 0.349 e. The Morgan fingerprint density at radius 1 is 1.24 bits per heavy atom. The second-order valence-electron chi connectivity index (χ2n) is 6.45. The van der Waals surface area contributed by atoms with Gasteiger partial charge in [-0.15, -0.1) is 0 Å². The maximum atomic E-state index is 12.1. The average molecular weight is 533 g/mol. The van der Waals surface area contributed by atoms with Crippen LogP contribution in [0.4, 0.5) is 0 Å². The fourth-order valence-corrected chi connectivity index (χ4v) is 3.89. The largest absolute Gasteiger partial charge is 0.744 e. The van der Waals surface area contributed by atoms with Gasteiger partial charge in [0, 0.05) is 0 Å². The number of benzene rings is 2. The molecule has 0 atom stereocenters. The van der Waals surface area contributed by atoms with Crippen LogP contribution in [-0.2, 0) is 19.6 Å². The van der Waals surface area contributed by atoms with E-state index < -0.39 is 28.7 Å². The Morgan fingerprint density at radius 2 is 1.90 bits per heavy atom. The van der Waals surface area contributed by atoms with Gasteiger partial charge in [-0.25, -0.2) is 18.0 Å². The quantitative estimate of drug-likeness (QED) is 0.260. The van der Waals surface area contributed by atoms with Crippen molar-refractivity contribution in [3.63, 3.8) is 0 Å². The smallest absolute Gasteiger partial charge is 0.349 e. The molecule has 156 valence electrons. The van der Waals surface area contributed by atoms with Crippen LogP contribution in [0.1, 0.15) is 41.3 Å². The zero-order valence-corrected chi connectivity index (χ0v) is 18.7. The van der Waals surface area contributed by atoms with Gasteiger partial charge in [0.15, 0.2) is 6.61 Å². The van der Waals surface area contributed by atoms with E-state index in [-0.39, 0.29) is 39.0 Å². The van der Waals surface area contributed by atoms with E-state index in [0.29, 0.717) is 3.57 Å². The standard InChI is InChI=1S/C19H19IO8S/c1-10(2)13-8-15(11(3)7-16(13)29(24,25)26)28-17(21)9-27-19(23)12-5-4-6-14(20)18(12)22/h4-8,10,22H,9H2,1-3H3,(H,24,25,26)/p-1. The number of esters is 2. The molecule has 0 spiro atoms. The molecule has 0 bridgehead atoms. The van der Waals surface area contributed by atoms with Gasteiger partial charge in [-0.05, 0) is 70.8 Å². The lowest BCUT2D eigenvalue weighted by Gasteiger charge is -2.18. The summed E-state index contributed by atoms with van der Waals surface area (Å²) in [6, 6.07) is 6.97. The van der Waals surface area contributed by atoms with Gasteiger partial charge in [-0.3, -0.25) is 0 Å². The molecule has 0 heterocycles. The Hall–Kier alpha value is -2.18. The van der Waals surface area contributed by atoms with E-state index in [0.717, 1.165) is 6.07 Å². The minimum absolute atomic E-state index is 0.0549. The van der Waals surface area contributed by atoms with Gasteiger partial charge in [0.05, 0.1) is 8.47 Å². The van der Waals surface area contributed by atoms with Gasteiger partial charge in [0.2, 0.25) is 0 Å². The van der Waals surface area contributed by atoms with Crippen molar-refractivity contribution in [1.82, 2.24) is 0 Å². The number of hydrogen-bond acceptors (Lipinski definition) is 8. The SMILES string of the molecule is Cc1cc(S(=O)(=O)[O-])c(C(C)C)cc1OC(=O)COC(=O)c1cccc(I)c1O. The lowest BCUT2D eigenvalue weighted by molar-refractivity contribution is -0.137. The molecule has 10 heteroatoms. The fourth-order valence-electron chi connectivity index (χ4n) is 2.49. The van der Waals surface area contributed by atoms with Crippen LogP contribution in [0.25, 0.3) is 0 Å². The third kappa shape index (κ3) is 5.67. The van der Waals surface area contributed by atoms with E-state index >= 15 is 0 Å². The highest BCUT2D eigenvalue weighted by molar-refractivity contribution is 14.1. The van der Waals surface area contributed by atoms with Gasteiger partial charge >= 0.3 is 11.9 Å². The summed E-state index contributed by atoms with van der Waals surface area (Å²) in [4.78, 5) is 23.7. The molecule has 0 radical (unpaired) electrons. The van der Waals surface area contributed by atoms with Crippen molar-refractivity contribution in [2.75, 3.05) is 6.61 Å². The first-order chi connectivity index (χ1) is 13.4. The molecular formula is C19H18IO8S-. The molecule has 0 aliphatic heterocycles. The van der Waals surface area contributed by atoms with Crippen LogP contribution in [0.15, 0.2) is 35.2 Å². The predicted octanol–water partition coefficient (Wildman–Crippen LogP) is 3.10. The highest BCUT2D eigenvalue weighted by Crippen LogP contribution is 2.31. The van der Waals surface area contributed by atoms with Crippen LogP contribution >= 0.6 is 22.6 Å². The highest BCUT2D eigenvalue weighted by Gasteiger charge is 2.19. The number of halogens is 1. The number of carbonyl (C=O) groups excluding carboxylic acids is 2. The molecule has 0 aliphatic rings. The molecule has 0 fully saturated rings. The van der Waals surface area contributed by atoms with E-state index in [9.17, 15) is 27.7 Å². The molecule has 29 heavy (non-hydrogen) atoms. The normalized spacial score (nSPS) is 11.4. The average Bonchev–Trinajstić information content (AvgIpc) is 2.62. The van der Waals surface area contributed by atoms with Gasteiger partial charge < -0.3 is 19.1 Å². The summed E-state index contributed by atoms with van der Waals surface area (Å²) in [5, 5.41) is 9.88. The summed E-state index contributed by atoms with van der Waals surface area (Å²) < 4.78 is 44.9. The molecule has 8 nitrogen and oxygen atoms in total. The minimum atomic E-state index is -4.69. The van der Waals surface area contributed by atoms with Crippen LogP contribution in [0.2, 0.25) is 0 Å². The van der Waals surface area contributed by atoms with Gasteiger partial charge in [0.25, 0.3) is 0 Å². The first-order valence-corrected chi connectivity index (χ1v) is 10.9. The molecule has 0 saturated heterocycles. The molecule has 2 rings (SSSR count). The zero-order chi connectivity index (χ0) is 21.9. The Labute approximate surface area is 181 Å². The first-order valence-electron chi connectivity index (χ1n) is 8.37. The number of phenols is 1. The maximum absolute atomic E-state index is 12.1. The minimum Gasteiger partial charge on any atom is -0.744 e. The predicted molar refractivity (Wildman–Crippen MR) is 110 cm³/mol. The molecule has 2 aromatic rings. The Bertz CT molecular complexity index is 1060. The third-order valence-corrected chi connectivity index (χ3v) is 5.71. The Balaban J connectivity index is 2.15. The van der Waals surface area contributed by atoms with Crippen LogP contribution in [0.3, 0.4) is 0 Å². The summed E-state index contributed by atoms with van der Waals surface area (Å²) in [5.74, 6) is -2.31. The Kier molecular flexibility index (Phi) is 7.25. The number of phenolic OH excluding ortho intramolecular Hbond substituents is 1. The van der Waals surface area contributed by atoms with Gasteiger partial charge in [0.1, 0.15) is 27.2 Å². The van der Waals surface area contributed by atoms with Gasteiger partial charge in [-0.1, -0.05) is 19.9 Å². The lowest BCUT2D eigenvalue weighted by Crippen LogP contribution is -2.20. The number of carbonyl (C=O) groups is 2.